The molecule has 1 unspecified atom stereocenters. The third-order valence-corrected chi connectivity index (χ3v) is 4.90. The Balaban J connectivity index is 0.00000243. The Morgan fingerprint density at radius 2 is 2.00 bits per heavy atom. The highest BCUT2D eigenvalue weighted by Crippen LogP contribution is 2.29. The summed E-state index contributed by atoms with van der Waals surface area (Å²) in [7, 11) is 1.64. The van der Waals surface area contributed by atoms with Crippen molar-refractivity contribution in [3.63, 3.8) is 0 Å². The van der Waals surface area contributed by atoms with Crippen LogP contribution in [0.2, 0.25) is 0 Å². The van der Waals surface area contributed by atoms with Crippen LogP contribution in [0.3, 0.4) is 0 Å². The number of carbonyl (C=O) groups is 1. The van der Waals surface area contributed by atoms with Gasteiger partial charge in [0.2, 0.25) is 0 Å². The maximum atomic E-state index is 12.1. The smallest absolute Gasteiger partial charge is 0.260 e. The number of likely N-dealkylation sites (tertiary alicyclic amines) is 1. The highest BCUT2D eigenvalue weighted by molar-refractivity contribution is 5.85. The number of amides is 1. The molecule has 1 N–H and O–H groups in total. The molecule has 0 spiro atoms. The Hall–Kier alpha value is -1.50. The van der Waals surface area contributed by atoms with Gasteiger partial charge in [0.05, 0.1) is 7.11 Å². The van der Waals surface area contributed by atoms with Gasteiger partial charge in [0.15, 0.2) is 18.1 Å². The number of rotatable bonds is 6. The molecule has 2 aliphatic heterocycles. The van der Waals surface area contributed by atoms with Crippen molar-refractivity contribution in [3.05, 3.63) is 23.8 Å². The molecule has 7 heteroatoms. The number of nitrogens with one attached hydrogen (secondary N) is 1. The van der Waals surface area contributed by atoms with Crippen LogP contribution in [0.25, 0.3) is 0 Å². The lowest BCUT2D eigenvalue weighted by Crippen LogP contribution is -2.48. The summed E-state index contributed by atoms with van der Waals surface area (Å²) in [6.45, 7) is 8.00. The van der Waals surface area contributed by atoms with Gasteiger partial charge >= 0.3 is 0 Å². The van der Waals surface area contributed by atoms with Gasteiger partial charge in [-0.2, -0.15) is 0 Å². The zero-order valence-corrected chi connectivity index (χ0v) is 16.5. The third kappa shape index (κ3) is 5.50. The second-order valence-electron chi connectivity index (χ2n) is 6.95. The van der Waals surface area contributed by atoms with Crippen molar-refractivity contribution in [3.8, 4) is 11.5 Å². The van der Waals surface area contributed by atoms with Crippen molar-refractivity contribution in [2.24, 2.45) is 0 Å². The van der Waals surface area contributed by atoms with Crippen LogP contribution >= 0.6 is 12.4 Å². The summed E-state index contributed by atoms with van der Waals surface area (Å²) in [5.74, 6) is 1.38. The normalized spacial score (nSPS) is 20.5. The van der Waals surface area contributed by atoms with Gasteiger partial charge in [0.25, 0.3) is 5.91 Å². The standard InChI is InChI=1S/C19H29N3O3.ClH/c1-15-12-21(10-7-20-15)13-16-5-6-17(18(11-16)24-2)25-14-19(23)22-8-3-4-9-22;/h5-6,11,15,20H,3-4,7-10,12-14H2,1-2H3;1H. The molecule has 3 rings (SSSR count). The average Bonchev–Trinajstić information content (AvgIpc) is 3.15. The first-order valence-electron chi connectivity index (χ1n) is 9.19. The minimum absolute atomic E-state index is 0. The summed E-state index contributed by atoms with van der Waals surface area (Å²) in [6, 6.07) is 6.51. The van der Waals surface area contributed by atoms with Crippen LogP contribution in [0.1, 0.15) is 25.3 Å². The molecule has 26 heavy (non-hydrogen) atoms. The van der Waals surface area contributed by atoms with Gasteiger partial charge in [-0.05, 0) is 37.5 Å². The minimum atomic E-state index is 0. The number of hydrogen-bond acceptors (Lipinski definition) is 5. The Labute approximate surface area is 162 Å². The third-order valence-electron chi connectivity index (χ3n) is 4.90. The van der Waals surface area contributed by atoms with E-state index in [0.29, 0.717) is 17.5 Å². The van der Waals surface area contributed by atoms with Crippen LogP contribution < -0.4 is 14.8 Å². The van der Waals surface area contributed by atoms with E-state index in [4.69, 9.17) is 9.47 Å². The van der Waals surface area contributed by atoms with Gasteiger partial charge in [0, 0.05) is 45.3 Å². The highest BCUT2D eigenvalue weighted by Gasteiger charge is 2.19. The minimum Gasteiger partial charge on any atom is -0.493 e. The quantitative estimate of drug-likeness (QED) is 0.813. The predicted octanol–water partition coefficient (Wildman–Crippen LogP) is 1.91. The molecule has 0 saturated carbocycles. The highest BCUT2D eigenvalue weighted by atomic mass is 35.5. The number of halogens is 1. The Kier molecular flexibility index (Phi) is 8.00. The largest absolute Gasteiger partial charge is 0.493 e. The van der Waals surface area contributed by atoms with E-state index in [9.17, 15) is 4.79 Å². The summed E-state index contributed by atoms with van der Waals surface area (Å²) >= 11 is 0. The van der Waals surface area contributed by atoms with Crippen LogP contribution in [-0.2, 0) is 11.3 Å². The molecule has 2 saturated heterocycles. The van der Waals surface area contributed by atoms with E-state index in [-0.39, 0.29) is 24.9 Å². The zero-order chi connectivity index (χ0) is 17.6. The van der Waals surface area contributed by atoms with Crippen molar-refractivity contribution in [1.29, 1.82) is 0 Å². The van der Waals surface area contributed by atoms with Gasteiger partial charge < -0.3 is 19.7 Å². The molecule has 6 nitrogen and oxygen atoms in total. The molecule has 1 aromatic rings. The Bertz CT molecular complexity index is 593. The van der Waals surface area contributed by atoms with Crippen molar-refractivity contribution in [2.75, 3.05) is 46.4 Å². The van der Waals surface area contributed by atoms with Crippen LogP contribution in [0.4, 0.5) is 0 Å². The van der Waals surface area contributed by atoms with Gasteiger partial charge in [-0.1, -0.05) is 6.07 Å². The lowest BCUT2D eigenvalue weighted by Gasteiger charge is -2.31. The first-order valence-corrected chi connectivity index (χ1v) is 9.19. The van der Waals surface area contributed by atoms with E-state index in [0.717, 1.165) is 52.1 Å². The van der Waals surface area contributed by atoms with E-state index >= 15 is 0 Å². The van der Waals surface area contributed by atoms with E-state index in [1.54, 1.807) is 7.11 Å². The Morgan fingerprint density at radius 3 is 2.69 bits per heavy atom. The van der Waals surface area contributed by atoms with Crippen LogP contribution in [0.5, 0.6) is 11.5 Å². The summed E-state index contributed by atoms with van der Waals surface area (Å²) in [4.78, 5) is 16.4. The molecule has 2 aliphatic rings. The fraction of sp³-hybridized carbons (Fsp3) is 0.632. The molecule has 0 aromatic heterocycles. The molecule has 0 bridgehead atoms. The Morgan fingerprint density at radius 1 is 1.23 bits per heavy atom. The number of ether oxygens (including phenoxy) is 2. The number of benzene rings is 1. The number of piperazine rings is 1. The number of methoxy groups -OCH3 is 1. The van der Waals surface area contributed by atoms with Gasteiger partial charge in [-0.25, -0.2) is 0 Å². The van der Waals surface area contributed by atoms with Crippen molar-refractivity contribution >= 4 is 18.3 Å². The molecular formula is C19H30ClN3O3. The van der Waals surface area contributed by atoms with Crippen molar-refractivity contribution in [2.45, 2.75) is 32.4 Å². The van der Waals surface area contributed by atoms with E-state index < -0.39 is 0 Å². The molecular weight excluding hydrogens is 354 g/mol. The lowest BCUT2D eigenvalue weighted by atomic mass is 10.1. The molecule has 1 aromatic carbocycles. The lowest BCUT2D eigenvalue weighted by molar-refractivity contribution is -0.132. The molecule has 2 fully saturated rings. The first-order chi connectivity index (χ1) is 12.2. The molecule has 0 aliphatic carbocycles. The summed E-state index contributed by atoms with van der Waals surface area (Å²) in [5, 5.41) is 3.46. The van der Waals surface area contributed by atoms with E-state index in [1.807, 2.05) is 17.0 Å². The number of nitrogens with zero attached hydrogens (tertiary/aromatic N) is 2. The zero-order valence-electron chi connectivity index (χ0n) is 15.7. The predicted molar refractivity (Wildman–Crippen MR) is 104 cm³/mol. The van der Waals surface area contributed by atoms with Crippen LogP contribution in [-0.4, -0.2) is 68.2 Å². The molecule has 1 atom stereocenters. The topological polar surface area (TPSA) is 54.0 Å². The molecule has 1 amide bonds. The van der Waals surface area contributed by atoms with Crippen molar-refractivity contribution in [1.82, 2.24) is 15.1 Å². The monoisotopic (exact) mass is 383 g/mol. The van der Waals surface area contributed by atoms with Crippen LogP contribution in [0, 0.1) is 0 Å². The van der Waals surface area contributed by atoms with Crippen LogP contribution in [0.15, 0.2) is 18.2 Å². The number of hydrogen-bond donors (Lipinski definition) is 1. The fourth-order valence-electron chi connectivity index (χ4n) is 3.54. The summed E-state index contributed by atoms with van der Waals surface area (Å²) in [5.41, 5.74) is 1.20. The SMILES string of the molecule is COc1cc(CN2CCNC(C)C2)ccc1OCC(=O)N1CCCC1.Cl. The van der Waals surface area contributed by atoms with E-state index in [1.165, 1.54) is 5.56 Å². The maximum Gasteiger partial charge on any atom is 0.260 e. The maximum absolute atomic E-state index is 12.1. The van der Waals surface area contributed by atoms with Gasteiger partial charge in [0.1, 0.15) is 0 Å². The fourth-order valence-corrected chi connectivity index (χ4v) is 3.54. The molecule has 146 valence electrons. The summed E-state index contributed by atoms with van der Waals surface area (Å²) < 4.78 is 11.2. The first kappa shape index (κ1) is 20.8. The number of carbonyl (C=O) groups excluding carboxylic acids is 1. The van der Waals surface area contributed by atoms with Gasteiger partial charge in [-0.3, -0.25) is 9.69 Å². The molecule has 0 radical (unpaired) electrons. The van der Waals surface area contributed by atoms with Crippen molar-refractivity contribution < 1.29 is 14.3 Å². The molecule has 2 heterocycles. The summed E-state index contributed by atoms with van der Waals surface area (Å²) in [6.07, 6.45) is 2.18. The van der Waals surface area contributed by atoms with Gasteiger partial charge in [-0.15, -0.1) is 12.4 Å². The van der Waals surface area contributed by atoms with E-state index in [2.05, 4.69) is 23.2 Å². The average molecular weight is 384 g/mol. The second kappa shape index (κ2) is 10.00. The second-order valence-corrected chi connectivity index (χ2v) is 6.95.